The number of halogens is 1. The van der Waals surface area contributed by atoms with E-state index in [1.807, 2.05) is 54.6 Å². The number of amidine groups is 1. The number of ether oxygens (including phenoxy) is 2. The van der Waals surface area contributed by atoms with E-state index in [9.17, 15) is 18.0 Å². The molecule has 0 aliphatic carbocycles. The van der Waals surface area contributed by atoms with Crippen LogP contribution in [-0.4, -0.2) is 43.1 Å². The van der Waals surface area contributed by atoms with E-state index in [4.69, 9.17) is 30.6 Å². The first-order valence-electron chi connectivity index (χ1n) is 15.6. The first-order chi connectivity index (χ1) is 25.1. The summed E-state index contributed by atoms with van der Waals surface area (Å²) in [5.41, 5.74) is 2.60. The van der Waals surface area contributed by atoms with Gasteiger partial charge in [0.15, 0.2) is 11.8 Å². The van der Waals surface area contributed by atoms with Crippen molar-refractivity contribution in [3.05, 3.63) is 148 Å². The third-order valence-corrected chi connectivity index (χ3v) is 9.48. The topological polar surface area (TPSA) is 166 Å². The molecule has 264 valence electrons. The van der Waals surface area contributed by atoms with Crippen molar-refractivity contribution in [3.63, 3.8) is 0 Å². The summed E-state index contributed by atoms with van der Waals surface area (Å²) in [5, 5.41) is 17.1. The number of nitrogens with zero attached hydrogens (tertiary/aromatic N) is 3. The van der Waals surface area contributed by atoms with Crippen LogP contribution >= 0.6 is 23.4 Å². The minimum Gasteiger partial charge on any atom is -0.489 e. The normalized spacial score (nSPS) is 14.7. The third kappa shape index (κ3) is 9.76. The van der Waals surface area contributed by atoms with Crippen molar-refractivity contribution in [2.75, 3.05) is 11.9 Å². The maximum absolute atomic E-state index is 13.7. The average Bonchev–Trinajstić information content (AvgIpc) is 3.75. The van der Waals surface area contributed by atoms with Gasteiger partial charge in [-0.25, -0.2) is 13.6 Å². The minimum atomic E-state index is -3.87. The molecule has 1 saturated heterocycles. The number of hydrogen-bond acceptors (Lipinski definition) is 10. The fraction of sp³-hybridized carbons (Fsp3) is 0.0811. The molecule has 3 N–H and O–H groups in total. The van der Waals surface area contributed by atoms with Crippen LogP contribution in [0.4, 0.5) is 5.69 Å². The number of carbonyl (C=O) groups excluding carboxylic acids is 2. The van der Waals surface area contributed by atoms with Crippen molar-refractivity contribution in [1.29, 1.82) is 0 Å². The molecule has 12 nitrogen and oxygen atoms in total. The molecule has 0 bridgehead atoms. The summed E-state index contributed by atoms with van der Waals surface area (Å²) in [6.07, 6.45) is 4.70. The smallest absolute Gasteiger partial charge is 0.267 e. The van der Waals surface area contributed by atoms with Crippen molar-refractivity contribution >= 4 is 68.3 Å². The van der Waals surface area contributed by atoms with E-state index in [1.165, 1.54) is 35.4 Å². The second kappa shape index (κ2) is 16.6. The fourth-order valence-electron chi connectivity index (χ4n) is 4.82. The predicted octanol–water partition coefficient (Wildman–Crippen LogP) is 6.68. The number of nitrogens with two attached hydrogens (primary N) is 1. The van der Waals surface area contributed by atoms with Gasteiger partial charge in [-0.05, 0) is 95.7 Å². The van der Waals surface area contributed by atoms with Crippen LogP contribution in [0.15, 0.2) is 140 Å². The lowest BCUT2D eigenvalue weighted by molar-refractivity contribution is -0.122. The highest BCUT2D eigenvalue weighted by atomic mass is 35.5. The van der Waals surface area contributed by atoms with Gasteiger partial charge in [-0.15, -0.1) is 5.10 Å². The van der Waals surface area contributed by atoms with Gasteiger partial charge >= 0.3 is 0 Å². The second-order valence-electron chi connectivity index (χ2n) is 11.1. The monoisotopic (exact) mass is 755 g/mol. The van der Waals surface area contributed by atoms with Gasteiger partial charge in [-0.2, -0.15) is 5.10 Å². The lowest BCUT2D eigenvalue weighted by Crippen LogP contribution is -2.28. The van der Waals surface area contributed by atoms with Crippen LogP contribution in [0.2, 0.25) is 5.02 Å². The Morgan fingerprint density at radius 2 is 1.77 bits per heavy atom. The fourth-order valence-corrected chi connectivity index (χ4v) is 6.45. The van der Waals surface area contributed by atoms with E-state index in [-0.39, 0.29) is 24.0 Å². The Kier molecular flexibility index (Phi) is 11.5. The molecule has 0 atom stereocenters. The molecule has 0 saturated carbocycles. The van der Waals surface area contributed by atoms with Gasteiger partial charge in [-0.1, -0.05) is 54.1 Å². The largest absolute Gasteiger partial charge is 0.489 e. The standard InChI is InChI=1S/C37H30ClN5O7S2/c38-28-11-16-33(50-24-35(44)41-29-12-14-32(15-13-29)52(39,46)47)27(19-28)20-34-36(45)43(22-31-10-5-17-48-31)37(51-34)42-40-21-26-8-4-9-30(18-26)49-23-25-6-2-1-3-7-25/h1-21H,22-24H2,(H,41,44)(H2,39,46,47)/b34-20-,40-21-,42-37+. The zero-order chi connectivity index (χ0) is 36.5. The number of carbonyl (C=O) groups is 2. The Morgan fingerprint density at radius 1 is 0.962 bits per heavy atom. The van der Waals surface area contributed by atoms with E-state index < -0.39 is 15.9 Å². The molecule has 2 heterocycles. The minimum absolute atomic E-state index is 0.0855. The molecule has 1 aliphatic heterocycles. The molecular weight excluding hydrogens is 726 g/mol. The summed E-state index contributed by atoms with van der Waals surface area (Å²) in [6, 6.07) is 30.9. The van der Waals surface area contributed by atoms with Crippen LogP contribution in [0.3, 0.4) is 0 Å². The van der Waals surface area contributed by atoms with Crippen LogP contribution in [0.1, 0.15) is 22.5 Å². The highest BCUT2D eigenvalue weighted by molar-refractivity contribution is 8.18. The molecule has 1 aliphatic rings. The molecule has 52 heavy (non-hydrogen) atoms. The van der Waals surface area contributed by atoms with Gasteiger partial charge in [0.25, 0.3) is 11.8 Å². The zero-order valence-corrected chi connectivity index (χ0v) is 29.6. The number of nitrogens with one attached hydrogen (secondary N) is 1. The van der Waals surface area contributed by atoms with E-state index in [1.54, 1.807) is 42.6 Å². The maximum atomic E-state index is 13.7. The SMILES string of the molecule is NS(=O)(=O)c1ccc(NC(=O)COc2ccc(Cl)cc2/C=C2\S/C(=N/N=C\c3cccc(OCc4ccccc4)c3)N(Cc3ccco3)C2=O)cc1. The maximum Gasteiger partial charge on any atom is 0.267 e. The molecular formula is C37H30ClN5O7S2. The quantitative estimate of drug-likeness (QED) is 0.0763. The summed E-state index contributed by atoms with van der Waals surface area (Å²) in [6.45, 7) is 0.150. The predicted molar refractivity (Wildman–Crippen MR) is 200 cm³/mol. The van der Waals surface area contributed by atoms with Gasteiger partial charge in [0.1, 0.15) is 23.9 Å². The van der Waals surface area contributed by atoms with E-state index in [0.717, 1.165) is 22.9 Å². The average molecular weight is 756 g/mol. The molecule has 4 aromatic carbocycles. The molecule has 1 fully saturated rings. The Labute approximate surface area is 308 Å². The van der Waals surface area contributed by atoms with Gasteiger partial charge in [-0.3, -0.25) is 14.5 Å². The van der Waals surface area contributed by atoms with Crippen LogP contribution in [0.5, 0.6) is 11.5 Å². The molecule has 0 spiro atoms. The van der Waals surface area contributed by atoms with Gasteiger partial charge in [0.2, 0.25) is 10.0 Å². The molecule has 5 aromatic rings. The first kappa shape index (κ1) is 36.1. The molecule has 6 rings (SSSR count). The number of benzene rings is 4. The van der Waals surface area contributed by atoms with Crippen molar-refractivity contribution < 1.29 is 31.9 Å². The first-order valence-corrected chi connectivity index (χ1v) is 18.3. The Balaban J connectivity index is 1.17. The van der Waals surface area contributed by atoms with Gasteiger partial charge < -0.3 is 19.2 Å². The number of thioether (sulfide) groups is 1. The Morgan fingerprint density at radius 3 is 2.52 bits per heavy atom. The van der Waals surface area contributed by atoms with Crippen molar-refractivity contribution in [2.24, 2.45) is 15.3 Å². The molecule has 1 aromatic heterocycles. The molecule has 15 heteroatoms. The molecule has 0 unspecified atom stereocenters. The zero-order valence-electron chi connectivity index (χ0n) is 27.2. The van der Waals surface area contributed by atoms with Crippen molar-refractivity contribution in [3.8, 4) is 11.5 Å². The third-order valence-electron chi connectivity index (χ3n) is 7.32. The van der Waals surface area contributed by atoms with Crippen molar-refractivity contribution in [2.45, 2.75) is 18.0 Å². The number of anilines is 1. The summed E-state index contributed by atoms with van der Waals surface area (Å²) in [4.78, 5) is 28.1. The molecule has 0 radical (unpaired) electrons. The van der Waals surface area contributed by atoms with Crippen LogP contribution in [0, 0.1) is 0 Å². The highest BCUT2D eigenvalue weighted by Crippen LogP contribution is 2.36. The van der Waals surface area contributed by atoms with Crippen LogP contribution in [-0.2, 0) is 32.8 Å². The van der Waals surface area contributed by atoms with E-state index in [2.05, 4.69) is 15.5 Å². The van der Waals surface area contributed by atoms with Gasteiger partial charge in [0.05, 0.1) is 28.8 Å². The molecule has 2 amide bonds. The lowest BCUT2D eigenvalue weighted by atomic mass is 10.2. The van der Waals surface area contributed by atoms with Crippen LogP contribution < -0.4 is 19.9 Å². The van der Waals surface area contributed by atoms with E-state index in [0.29, 0.717) is 50.2 Å². The van der Waals surface area contributed by atoms with Crippen LogP contribution in [0.25, 0.3) is 6.08 Å². The summed E-state index contributed by atoms with van der Waals surface area (Å²) in [5.74, 6) is 0.658. The Bertz CT molecular complexity index is 2260. The summed E-state index contributed by atoms with van der Waals surface area (Å²) < 4.78 is 40.3. The highest BCUT2D eigenvalue weighted by Gasteiger charge is 2.34. The summed E-state index contributed by atoms with van der Waals surface area (Å²) in [7, 11) is -3.87. The second-order valence-corrected chi connectivity index (χ2v) is 14.2. The lowest BCUT2D eigenvalue weighted by Gasteiger charge is -2.13. The number of furan rings is 1. The summed E-state index contributed by atoms with van der Waals surface area (Å²) >= 11 is 7.42. The number of rotatable bonds is 13. The Hall–Kier alpha value is -5.67. The number of hydrogen-bond donors (Lipinski definition) is 2. The van der Waals surface area contributed by atoms with Crippen molar-refractivity contribution in [1.82, 2.24) is 4.90 Å². The van der Waals surface area contributed by atoms with E-state index >= 15 is 0 Å². The number of sulfonamides is 1. The number of primary sulfonamides is 1. The number of amides is 2. The van der Waals surface area contributed by atoms with Gasteiger partial charge in [0, 0.05) is 16.3 Å².